The molecule has 0 N–H and O–H groups in total. The highest BCUT2D eigenvalue weighted by Crippen LogP contribution is 2.09. The van der Waals surface area contributed by atoms with E-state index in [0.29, 0.717) is 6.54 Å². The summed E-state index contributed by atoms with van der Waals surface area (Å²) in [6.45, 7) is 6.39. The molecule has 21 heavy (non-hydrogen) atoms. The molecule has 0 aliphatic carbocycles. The van der Waals surface area contributed by atoms with Crippen molar-refractivity contribution in [3.8, 4) is 0 Å². The fraction of sp³-hybridized carbons (Fsp3) is 0.467. The third kappa shape index (κ3) is 3.33. The lowest BCUT2D eigenvalue weighted by Gasteiger charge is -2.34. The van der Waals surface area contributed by atoms with Gasteiger partial charge in [0.05, 0.1) is 12.8 Å². The minimum atomic E-state index is 0.138. The Bertz CT molecular complexity index is 583. The molecular weight excluding hydrogens is 268 g/mol. The van der Waals surface area contributed by atoms with Gasteiger partial charge in [-0.05, 0) is 25.1 Å². The number of rotatable bonds is 4. The zero-order valence-electron chi connectivity index (χ0n) is 12.2. The van der Waals surface area contributed by atoms with Crippen LogP contribution < -0.4 is 0 Å². The van der Waals surface area contributed by atoms with Crippen molar-refractivity contribution >= 4 is 5.91 Å². The monoisotopic (exact) mass is 288 g/mol. The number of nitrogens with zero attached hydrogens (tertiary/aromatic N) is 4. The summed E-state index contributed by atoms with van der Waals surface area (Å²) in [5, 5.41) is 4.16. The molecule has 0 unspecified atom stereocenters. The lowest BCUT2D eigenvalue weighted by molar-refractivity contribution is -0.133. The van der Waals surface area contributed by atoms with Crippen molar-refractivity contribution in [2.24, 2.45) is 0 Å². The van der Waals surface area contributed by atoms with Gasteiger partial charge in [0.25, 0.3) is 0 Å². The Morgan fingerprint density at radius 1 is 1.29 bits per heavy atom. The second-order valence-electron chi connectivity index (χ2n) is 5.37. The van der Waals surface area contributed by atoms with Crippen molar-refractivity contribution < 1.29 is 9.21 Å². The van der Waals surface area contributed by atoms with Crippen LogP contribution in [-0.2, 0) is 17.9 Å². The van der Waals surface area contributed by atoms with Gasteiger partial charge in [-0.2, -0.15) is 5.10 Å². The molecule has 3 rings (SSSR count). The standard InChI is InChI=1S/C15H20N4O2/c1-13-4-5-16-19(13)12-15(20)18-8-6-17(7-9-18)11-14-3-2-10-21-14/h2-5,10H,6-9,11-12H2,1H3. The van der Waals surface area contributed by atoms with E-state index in [0.717, 1.165) is 44.2 Å². The van der Waals surface area contributed by atoms with Crippen molar-refractivity contribution in [2.45, 2.75) is 20.0 Å². The van der Waals surface area contributed by atoms with Crippen LogP contribution >= 0.6 is 0 Å². The quantitative estimate of drug-likeness (QED) is 0.846. The Labute approximate surface area is 123 Å². The number of hydrogen-bond donors (Lipinski definition) is 0. The number of aromatic nitrogens is 2. The van der Waals surface area contributed by atoms with Gasteiger partial charge >= 0.3 is 0 Å². The van der Waals surface area contributed by atoms with Crippen LogP contribution in [0.15, 0.2) is 35.1 Å². The zero-order valence-corrected chi connectivity index (χ0v) is 12.2. The highest BCUT2D eigenvalue weighted by molar-refractivity contribution is 5.76. The van der Waals surface area contributed by atoms with Crippen molar-refractivity contribution in [1.82, 2.24) is 19.6 Å². The second-order valence-corrected chi connectivity index (χ2v) is 5.37. The largest absolute Gasteiger partial charge is 0.468 e. The van der Waals surface area contributed by atoms with Crippen LogP contribution in [0.1, 0.15) is 11.5 Å². The summed E-state index contributed by atoms with van der Waals surface area (Å²) in [5.41, 5.74) is 1.01. The first kappa shape index (κ1) is 13.9. The van der Waals surface area contributed by atoms with Gasteiger partial charge in [-0.25, -0.2) is 0 Å². The number of amides is 1. The van der Waals surface area contributed by atoms with Crippen molar-refractivity contribution in [2.75, 3.05) is 26.2 Å². The molecule has 6 nitrogen and oxygen atoms in total. The molecule has 1 saturated heterocycles. The van der Waals surface area contributed by atoms with Crippen LogP contribution in [-0.4, -0.2) is 51.7 Å². The molecule has 2 aromatic rings. The molecule has 1 fully saturated rings. The summed E-state index contributed by atoms with van der Waals surface area (Å²) >= 11 is 0. The van der Waals surface area contributed by atoms with Crippen molar-refractivity contribution in [3.63, 3.8) is 0 Å². The summed E-state index contributed by atoms with van der Waals surface area (Å²) in [7, 11) is 0. The van der Waals surface area contributed by atoms with Crippen LogP contribution in [0.2, 0.25) is 0 Å². The minimum absolute atomic E-state index is 0.138. The maximum Gasteiger partial charge on any atom is 0.244 e. The normalized spacial score (nSPS) is 16.3. The summed E-state index contributed by atoms with van der Waals surface area (Å²) in [6.07, 6.45) is 3.42. The van der Waals surface area contributed by atoms with Gasteiger partial charge in [-0.3, -0.25) is 14.4 Å². The molecule has 0 spiro atoms. The topological polar surface area (TPSA) is 54.5 Å². The van der Waals surface area contributed by atoms with Crippen LogP contribution in [0.4, 0.5) is 0 Å². The Morgan fingerprint density at radius 3 is 2.71 bits per heavy atom. The average Bonchev–Trinajstić information content (AvgIpc) is 3.12. The molecule has 0 aromatic carbocycles. The summed E-state index contributed by atoms with van der Waals surface area (Å²) in [5.74, 6) is 1.11. The van der Waals surface area contributed by atoms with Gasteiger partial charge in [-0.15, -0.1) is 0 Å². The van der Waals surface area contributed by atoms with Crippen LogP contribution in [0.3, 0.4) is 0 Å². The highest BCUT2D eigenvalue weighted by atomic mass is 16.3. The van der Waals surface area contributed by atoms with Crippen molar-refractivity contribution in [3.05, 3.63) is 42.1 Å². The van der Waals surface area contributed by atoms with Gasteiger partial charge in [0, 0.05) is 38.1 Å². The Kier molecular flexibility index (Phi) is 4.06. The lowest BCUT2D eigenvalue weighted by Crippen LogP contribution is -2.49. The van der Waals surface area contributed by atoms with E-state index in [-0.39, 0.29) is 5.91 Å². The number of aryl methyl sites for hydroxylation is 1. The van der Waals surface area contributed by atoms with Crippen molar-refractivity contribution in [1.29, 1.82) is 0 Å². The maximum absolute atomic E-state index is 12.3. The molecule has 6 heteroatoms. The van der Waals surface area contributed by atoms with Gasteiger partial charge in [0.1, 0.15) is 12.3 Å². The third-order valence-corrected chi connectivity index (χ3v) is 3.90. The van der Waals surface area contributed by atoms with E-state index in [9.17, 15) is 4.79 Å². The first-order valence-corrected chi connectivity index (χ1v) is 7.23. The first-order chi connectivity index (χ1) is 10.2. The van der Waals surface area contributed by atoms with E-state index in [4.69, 9.17) is 4.42 Å². The summed E-state index contributed by atoms with van der Waals surface area (Å²) < 4.78 is 7.11. The molecular formula is C15H20N4O2. The number of hydrogen-bond acceptors (Lipinski definition) is 4. The number of furan rings is 1. The molecule has 1 aliphatic heterocycles. The van der Waals surface area contributed by atoms with Gasteiger partial charge in [0.2, 0.25) is 5.91 Å². The molecule has 3 heterocycles. The Hall–Kier alpha value is -2.08. The van der Waals surface area contributed by atoms with E-state index in [1.165, 1.54) is 0 Å². The Balaban J connectivity index is 1.49. The summed E-state index contributed by atoms with van der Waals surface area (Å²) in [4.78, 5) is 16.5. The molecule has 2 aromatic heterocycles. The fourth-order valence-corrected chi connectivity index (χ4v) is 2.57. The minimum Gasteiger partial charge on any atom is -0.468 e. The van der Waals surface area contributed by atoms with Crippen LogP contribution in [0, 0.1) is 6.92 Å². The van der Waals surface area contributed by atoms with Gasteiger partial charge in [-0.1, -0.05) is 0 Å². The van der Waals surface area contributed by atoms with E-state index in [1.54, 1.807) is 17.1 Å². The first-order valence-electron chi connectivity index (χ1n) is 7.23. The predicted molar refractivity (Wildman–Crippen MR) is 77.5 cm³/mol. The number of carbonyl (C=O) groups is 1. The zero-order chi connectivity index (χ0) is 14.7. The van der Waals surface area contributed by atoms with Gasteiger partial charge < -0.3 is 9.32 Å². The molecule has 0 saturated carbocycles. The Morgan fingerprint density at radius 2 is 2.10 bits per heavy atom. The van der Waals surface area contributed by atoms with Crippen LogP contribution in [0.5, 0.6) is 0 Å². The third-order valence-electron chi connectivity index (χ3n) is 3.90. The van der Waals surface area contributed by atoms with Crippen LogP contribution in [0.25, 0.3) is 0 Å². The molecule has 0 atom stereocenters. The molecule has 112 valence electrons. The average molecular weight is 288 g/mol. The van der Waals surface area contributed by atoms with Gasteiger partial charge in [0.15, 0.2) is 0 Å². The lowest BCUT2D eigenvalue weighted by atomic mass is 10.3. The molecule has 1 amide bonds. The smallest absolute Gasteiger partial charge is 0.244 e. The van der Waals surface area contributed by atoms with E-state index in [1.807, 2.05) is 30.0 Å². The number of piperazine rings is 1. The van der Waals surface area contributed by atoms with E-state index in [2.05, 4.69) is 10.00 Å². The van der Waals surface area contributed by atoms with E-state index >= 15 is 0 Å². The predicted octanol–water partition coefficient (Wildman–Crippen LogP) is 1.13. The molecule has 0 bridgehead atoms. The SMILES string of the molecule is Cc1ccnn1CC(=O)N1CCN(Cc2ccco2)CC1. The summed E-state index contributed by atoms with van der Waals surface area (Å²) in [6, 6.07) is 5.80. The second kappa shape index (κ2) is 6.13. The van der Waals surface area contributed by atoms with E-state index < -0.39 is 0 Å². The fourth-order valence-electron chi connectivity index (χ4n) is 2.57. The maximum atomic E-state index is 12.3. The molecule has 1 aliphatic rings. The highest BCUT2D eigenvalue weighted by Gasteiger charge is 2.22. The molecule has 0 radical (unpaired) electrons. The number of carbonyl (C=O) groups excluding carboxylic acids is 1.